The van der Waals surface area contributed by atoms with Crippen molar-refractivity contribution in [3.63, 3.8) is 0 Å². The zero-order chi connectivity index (χ0) is 14.2. The topological polar surface area (TPSA) is 65.1 Å². The molecular formula is C13H11BrN2O3. The van der Waals surface area contributed by atoms with Crippen LogP contribution >= 0.6 is 15.9 Å². The number of halogens is 1. The molecule has 1 heterocycles. The Morgan fingerprint density at radius 1 is 1.32 bits per heavy atom. The van der Waals surface area contributed by atoms with Gasteiger partial charge in [0.1, 0.15) is 0 Å². The van der Waals surface area contributed by atoms with Gasteiger partial charge >= 0.3 is 0 Å². The summed E-state index contributed by atoms with van der Waals surface area (Å²) >= 11 is 3.38. The fourth-order valence-electron chi connectivity index (χ4n) is 2.06. The number of non-ortho nitro benzene ring substituents is 1. The van der Waals surface area contributed by atoms with Crippen LogP contribution in [0.4, 0.5) is 5.69 Å². The predicted molar refractivity (Wildman–Crippen MR) is 75.0 cm³/mol. The molecule has 2 aromatic rings. The van der Waals surface area contributed by atoms with Gasteiger partial charge < -0.3 is 4.57 Å². The Kier molecular flexibility index (Phi) is 3.53. The van der Waals surface area contributed by atoms with Gasteiger partial charge in [0.15, 0.2) is 6.29 Å². The van der Waals surface area contributed by atoms with E-state index in [1.165, 1.54) is 12.1 Å². The molecule has 0 aliphatic carbocycles. The van der Waals surface area contributed by atoms with Crippen molar-refractivity contribution in [2.24, 2.45) is 0 Å². The van der Waals surface area contributed by atoms with E-state index >= 15 is 0 Å². The summed E-state index contributed by atoms with van der Waals surface area (Å²) in [6, 6.07) is 6.31. The molecule has 0 spiro atoms. The maximum Gasteiger partial charge on any atom is 0.271 e. The first-order valence-corrected chi connectivity index (χ1v) is 6.33. The van der Waals surface area contributed by atoms with E-state index < -0.39 is 4.92 Å². The predicted octanol–water partition coefficient (Wildman–Crippen LogP) is 3.58. The normalized spacial score (nSPS) is 10.5. The van der Waals surface area contributed by atoms with Crippen LogP contribution in [-0.2, 0) is 0 Å². The van der Waals surface area contributed by atoms with Crippen LogP contribution in [0, 0.1) is 24.0 Å². The van der Waals surface area contributed by atoms with Gasteiger partial charge in [-0.05, 0) is 41.9 Å². The largest absolute Gasteiger partial charge is 0.316 e. The van der Waals surface area contributed by atoms with E-state index in [0.29, 0.717) is 11.3 Å². The summed E-state index contributed by atoms with van der Waals surface area (Å²) in [5.41, 5.74) is 2.85. The van der Waals surface area contributed by atoms with Crippen LogP contribution < -0.4 is 0 Å². The van der Waals surface area contributed by atoms with Crippen molar-refractivity contribution in [3.05, 3.63) is 55.8 Å². The lowest BCUT2D eigenvalue weighted by Gasteiger charge is -2.11. The first-order chi connectivity index (χ1) is 8.95. The highest BCUT2D eigenvalue weighted by Gasteiger charge is 2.15. The molecule has 0 aliphatic rings. The van der Waals surface area contributed by atoms with E-state index in [0.717, 1.165) is 22.1 Å². The number of benzene rings is 1. The highest BCUT2D eigenvalue weighted by Crippen LogP contribution is 2.29. The molecule has 0 amide bonds. The average Bonchev–Trinajstić information content (AvgIpc) is 2.65. The lowest BCUT2D eigenvalue weighted by Crippen LogP contribution is -2.01. The Labute approximate surface area is 118 Å². The van der Waals surface area contributed by atoms with Gasteiger partial charge in [0.2, 0.25) is 0 Å². The molecule has 98 valence electrons. The van der Waals surface area contributed by atoms with Gasteiger partial charge in [-0.1, -0.05) is 0 Å². The maximum atomic E-state index is 11.0. The Hall–Kier alpha value is -1.95. The lowest BCUT2D eigenvalue weighted by atomic mass is 10.2. The van der Waals surface area contributed by atoms with Gasteiger partial charge in [0.25, 0.3) is 5.69 Å². The third kappa shape index (κ3) is 2.31. The second-order valence-electron chi connectivity index (χ2n) is 4.17. The molecule has 0 fully saturated rings. The smallest absolute Gasteiger partial charge is 0.271 e. The van der Waals surface area contributed by atoms with Crippen molar-refractivity contribution in [3.8, 4) is 5.69 Å². The number of hydrogen-bond donors (Lipinski definition) is 0. The monoisotopic (exact) mass is 322 g/mol. The number of rotatable bonds is 3. The first kappa shape index (κ1) is 13.5. The summed E-state index contributed by atoms with van der Waals surface area (Å²) in [5.74, 6) is 0. The van der Waals surface area contributed by atoms with Crippen molar-refractivity contribution in [1.82, 2.24) is 4.57 Å². The fourth-order valence-corrected chi connectivity index (χ4v) is 2.49. The van der Waals surface area contributed by atoms with Gasteiger partial charge in [-0.15, -0.1) is 0 Å². The second kappa shape index (κ2) is 4.97. The minimum atomic E-state index is -0.440. The van der Waals surface area contributed by atoms with E-state index in [2.05, 4.69) is 15.9 Å². The third-order valence-corrected chi connectivity index (χ3v) is 3.65. The van der Waals surface area contributed by atoms with E-state index in [1.807, 2.05) is 18.4 Å². The van der Waals surface area contributed by atoms with Crippen LogP contribution in [0.25, 0.3) is 5.69 Å². The quantitative estimate of drug-likeness (QED) is 0.493. The van der Waals surface area contributed by atoms with Crippen LogP contribution in [0.5, 0.6) is 0 Å². The molecule has 0 bridgehead atoms. The lowest BCUT2D eigenvalue weighted by molar-refractivity contribution is -0.384. The molecule has 1 aromatic carbocycles. The summed E-state index contributed by atoms with van der Waals surface area (Å²) in [4.78, 5) is 21.4. The number of carbonyl (C=O) groups is 1. The molecule has 19 heavy (non-hydrogen) atoms. The SMILES string of the molecule is Cc1cc(C=O)c(C)n1-c1cc([N+](=O)[O-])ccc1Br. The number of nitrogens with zero attached hydrogens (tertiary/aromatic N) is 2. The molecule has 0 unspecified atom stereocenters. The van der Waals surface area contributed by atoms with E-state index in [9.17, 15) is 14.9 Å². The zero-order valence-corrected chi connectivity index (χ0v) is 12.0. The highest BCUT2D eigenvalue weighted by atomic mass is 79.9. The van der Waals surface area contributed by atoms with Crippen LogP contribution in [0.1, 0.15) is 21.7 Å². The van der Waals surface area contributed by atoms with E-state index in [-0.39, 0.29) is 5.69 Å². The summed E-state index contributed by atoms with van der Waals surface area (Å²) in [6.07, 6.45) is 0.782. The minimum Gasteiger partial charge on any atom is -0.316 e. The van der Waals surface area contributed by atoms with Crippen LogP contribution in [0.3, 0.4) is 0 Å². The Morgan fingerprint density at radius 2 is 2.00 bits per heavy atom. The highest BCUT2D eigenvalue weighted by molar-refractivity contribution is 9.10. The Morgan fingerprint density at radius 3 is 2.53 bits per heavy atom. The maximum absolute atomic E-state index is 11.0. The van der Waals surface area contributed by atoms with Gasteiger partial charge in [-0.2, -0.15) is 0 Å². The Bertz CT molecular complexity index is 677. The Balaban J connectivity index is 2.71. The molecule has 0 atom stereocenters. The van der Waals surface area contributed by atoms with Crippen molar-refractivity contribution < 1.29 is 9.72 Å². The average molecular weight is 323 g/mol. The van der Waals surface area contributed by atoms with Crippen LogP contribution in [0.15, 0.2) is 28.7 Å². The summed E-state index contributed by atoms with van der Waals surface area (Å²) in [5, 5.41) is 10.9. The van der Waals surface area contributed by atoms with Crippen LogP contribution in [0.2, 0.25) is 0 Å². The fraction of sp³-hybridized carbons (Fsp3) is 0.154. The molecular weight excluding hydrogens is 312 g/mol. The number of aryl methyl sites for hydroxylation is 1. The van der Waals surface area contributed by atoms with Crippen molar-refractivity contribution in [1.29, 1.82) is 0 Å². The summed E-state index contributed by atoms with van der Waals surface area (Å²) in [7, 11) is 0. The molecule has 1 aromatic heterocycles. The molecule has 0 saturated heterocycles. The van der Waals surface area contributed by atoms with Gasteiger partial charge in [0, 0.05) is 33.6 Å². The molecule has 0 saturated carbocycles. The number of aldehydes is 1. The van der Waals surface area contributed by atoms with Crippen molar-refractivity contribution in [2.75, 3.05) is 0 Å². The minimum absolute atomic E-state index is 0.0124. The number of hydrogen-bond acceptors (Lipinski definition) is 3. The standard InChI is InChI=1S/C13H11BrN2O3/c1-8-5-10(7-17)9(2)15(8)13-6-11(16(18)19)3-4-12(13)14/h3-7H,1-2H3. The second-order valence-corrected chi connectivity index (χ2v) is 5.03. The first-order valence-electron chi connectivity index (χ1n) is 5.54. The third-order valence-electron chi connectivity index (χ3n) is 2.98. The van der Waals surface area contributed by atoms with E-state index in [4.69, 9.17) is 0 Å². The number of nitro groups is 1. The number of nitro benzene ring substituents is 1. The van der Waals surface area contributed by atoms with Crippen LogP contribution in [-0.4, -0.2) is 15.8 Å². The van der Waals surface area contributed by atoms with Gasteiger partial charge in [-0.25, -0.2) is 0 Å². The number of carbonyl (C=O) groups excluding carboxylic acids is 1. The molecule has 0 N–H and O–H groups in total. The van der Waals surface area contributed by atoms with Crippen molar-refractivity contribution in [2.45, 2.75) is 13.8 Å². The molecule has 2 rings (SSSR count). The number of aromatic nitrogens is 1. The molecule has 0 radical (unpaired) electrons. The van der Waals surface area contributed by atoms with E-state index in [1.54, 1.807) is 12.1 Å². The molecule has 0 aliphatic heterocycles. The molecule has 6 heteroatoms. The van der Waals surface area contributed by atoms with Crippen molar-refractivity contribution >= 4 is 27.9 Å². The van der Waals surface area contributed by atoms with Gasteiger partial charge in [0.05, 0.1) is 10.6 Å². The van der Waals surface area contributed by atoms with Gasteiger partial charge in [-0.3, -0.25) is 14.9 Å². The zero-order valence-electron chi connectivity index (χ0n) is 10.4. The molecule has 5 nitrogen and oxygen atoms in total. The summed E-state index contributed by atoms with van der Waals surface area (Å²) < 4.78 is 2.55. The summed E-state index contributed by atoms with van der Waals surface area (Å²) in [6.45, 7) is 3.66.